The van der Waals surface area contributed by atoms with Crippen molar-refractivity contribution >= 4 is 45.1 Å². The van der Waals surface area contributed by atoms with E-state index in [1.54, 1.807) is 18.2 Å². The zero-order valence-electron chi connectivity index (χ0n) is 14.2. The summed E-state index contributed by atoms with van der Waals surface area (Å²) in [5.74, 6) is 0.622. The molecule has 138 valence electrons. The summed E-state index contributed by atoms with van der Waals surface area (Å²) < 4.78 is 11.1. The monoisotopic (exact) mass is 387 g/mol. The molecule has 0 unspecified atom stereocenters. The lowest BCUT2D eigenvalue weighted by atomic mass is 10.1. The minimum Gasteiger partial charge on any atom is -0.493 e. The number of ether oxygens (including phenoxy) is 2. The van der Waals surface area contributed by atoms with Crippen molar-refractivity contribution in [2.45, 2.75) is 0 Å². The maximum Gasteiger partial charge on any atom is 0.280 e. The number of benzene rings is 2. The van der Waals surface area contributed by atoms with Crippen LogP contribution >= 0.6 is 11.3 Å². The van der Waals surface area contributed by atoms with Crippen LogP contribution in [0.2, 0.25) is 0 Å². The van der Waals surface area contributed by atoms with E-state index in [0.717, 1.165) is 4.70 Å². The van der Waals surface area contributed by atoms with Crippen LogP contribution in [0.5, 0.6) is 11.5 Å². The van der Waals surface area contributed by atoms with Gasteiger partial charge in [0.15, 0.2) is 11.5 Å². The normalized spacial score (nSPS) is 11.0. The highest BCUT2D eigenvalue weighted by atomic mass is 32.1. The summed E-state index contributed by atoms with van der Waals surface area (Å²) in [5.41, 5.74) is 0.637. The number of hydrogen-bond donors (Lipinski definition) is 0. The third-order valence-electron chi connectivity index (χ3n) is 3.73. The number of nitro benzene ring substituents is 2. The largest absolute Gasteiger partial charge is 0.493 e. The predicted molar refractivity (Wildman–Crippen MR) is 101 cm³/mol. The van der Waals surface area contributed by atoms with Gasteiger partial charge in [-0.05, 0) is 24.3 Å². The molecule has 1 aromatic heterocycles. The van der Waals surface area contributed by atoms with E-state index in [-0.39, 0.29) is 17.1 Å². The van der Waals surface area contributed by atoms with E-state index in [1.807, 2.05) is 0 Å². The minimum absolute atomic E-state index is 0.0427. The summed E-state index contributed by atoms with van der Waals surface area (Å²) in [4.78, 5) is 25.5. The summed E-state index contributed by atoms with van der Waals surface area (Å²) in [5, 5.41) is 22.8. The molecule has 0 amide bonds. The zero-order chi connectivity index (χ0) is 19.6. The molecule has 0 N–H and O–H groups in total. The molecule has 0 saturated heterocycles. The molecule has 0 radical (unpaired) electrons. The topological polar surface area (TPSA) is 118 Å². The van der Waals surface area contributed by atoms with Gasteiger partial charge in [0.05, 0.1) is 45.9 Å². The number of nitro groups is 2. The van der Waals surface area contributed by atoms with Crippen molar-refractivity contribution in [1.29, 1.82) is 0 Å². The number of non-ortho nitro benzene ring substituents is 1. The second-order valence-electron chi connectivity index (χ2n) is 5.32. The van der Waals surface area contributed by atoms with Gasteiger partial charge in [-0.2, -0.15) is 0 Å². The van der Waals surface area contributed by atoms with Crippen LogP contribution in [-0.4, -0.2) is 29.1 Å². The lowest BCUT2D eigenvalue weighted by molar-refractivity contribution is -0.385. The van der Waals surface area contributed by atoms with E-state index in [0.29, 0.717) is 21.8 Å². The van der Waals surface area contributed by atoms with Crippen molar-refractivity contribution in [2.24, 2.45) is 0 Å². The summed E-state index contributed by atoms with van der Waals surface area (Å²) in [6.07, 6.45) is 3.16. The fourth-order valence-corrected chi connectivity index (χ4v) is 3.31. The molecular formula is C17H13N3O6S. The van der Waals surface area contributed by atoms with Crippen molar-refractivity contribution in [3.05, 3.63) is 61.1 Å². The number of hydrogen-bond acceptors (Lipinski definition) is 8. The van der Waals surface area contributed by atoms with Gasteiger partial charge >= 0.3 is 0 Å². The molecule has 0 saturated carbocycles. The van der Waals surface area contributed by atoms with Gasteiger partial charge in [-0.25, -0.2) is 4.98 Å². The molecule has 1 heterocycles. The molecule has 0 aliphatic heterocycles. The first-order valence-electron chi connectivity index (χ1n) is 7.56. The second-order valence-corrected chi connectivity index (χ2v) is 6.38. The summed E-state index contributed by atoms with van der Waals surface area (Å²) >= 11 is 1.32. The Morgan fingerprint density at radius 2 is 1.70 bits per heavy atom. The van der Waals surface area contributed by atoms with Crippen LogP contribution < -0.4 is 9.47 Å². The number of rotatable bonds is 6. The molecule has 2 aromatic carbocycles. The van der Waals surface area contributed by atoms with Crippen molar-refractivity contribution < 1.29 is 19.3 Å². The van der Waals surface area contributed by atoms with Gasteiger partial charge in [-0.3, -0.25) is 20.2 Å². The first kappa shape index (κ1) is 18.3. The van der Waals surface area contributed by atoms with E-state index in [4.69, 9.17) is 9.47 Å². The summed E-state index contributed by atoms with van der Waals surface area (Å²) in [6.45, 7) is 0. The fraction of sp³-hybridized carbons (Fsp3) is 0.118. The first-order chi connectivity index (χ1) is 12.9. The fourth-order valence-electron chi connectivity index (χ4n) is 2.46. The number of fused-ring (bicyclic) bond motifs is 1. The molecule has 0 aliphatic rings. The number of thiazole rings is 1. The van der Waals surface area contributed by atoms with E-state index >= 15 is 0 Å². The summed E-state index contributed by atoms with van der Waals surface area (Å²) in [7, 11) is 2.84. The van der Waals surface area contributed by atoms with Crippen molar-refractivity contribution in [2.75, 3.05) is 14.2 Å². The molecule has 3 aromatic rings. The van der Waals surface area contributed by atoms with Gasteiger partial charge in [-0.15, -0.1) is 11.3 Å². The average Bonchev–Trinajstić information content (AvgIpc) is 3.07. The Hall–Kier alpha value is -3.53. The molecule has 0 bridgehead atoms. The Morgan fingerprint density at radius 1 is 1.00 bits per heavy atom. The Labute approximate surface area is 156 Å². The lowest BCUT2D eigenvalue weighted by Gasteiger charge is -2.08. The third kappa shape index (κ3) is 3.70. The maximum absolute atomic E-state index is 11.3. The zero-order valence-corrected chi connectivity index (χ0v) is 15.1. The quantitative estimate of drug-likeness (QED) is 0.457. The molecule has 10 heteroatoms. The molecule has 0 spiro atoms. The van der Waals surface area contributed by atoms with Crippen LogP contribution in [0.4, 0.5) is 11.4 Å². The highest BCUT2D eigenvalue weighted by molar-refractivity contribution is 7.19. The van der Waals surface area contributed by atoms with Gasteiger partial charge < -0.3 is 9.47 Å². The van der Waals surface area contributed by atoms with Crippen LogP contribution in [0, 0.1) is 20.2 Å². The predicted octanol–water partition coefficient (Wildman–Crippen LogP) is 4.30. The van der Waals surface area contributed by atoms with Crippen LogP contribution in [0.1, 0.15) is 10.6 Å². The van der Waals surface area contributed by atoms with E-state index in [1.165, 1.54) is 49.8 Å². The van der Waals surface area contributed by atoms with Crippen LogP contribution in [0.15, 0.2) is 30.3 Å². The van der Waals surface area contributed by atoms with Gasteiger partial charge in [-0.1, -0.05) is 0 Å². The maximum atomic E-state index is 11.3. The Morgan fingerprint density at radius 3 is 2.33 bits per heavy atom. The molecule has 0 aliphatic carbocycles. The molecule has 27 heavy (non-hydrogen) atoms. The van der Waals surface area contributed by atoms with Crippen LogP contribution in [-0.2, 0) is 0 Å². The number of nitrogens with zero attached hydrogens (tertiary/aromatic N) is 3. The van der Waals surface area contributed by atoms with E-state index in [9.17, 15) is 20.2 Å². The van der Waals surface area contributed by atoms with E-state index < -0.39 is 9.85 Å². The standard InChI is InChI=1S/C17H13N3O6S/c1-25-14-7-10(13(20(23)24)9-15(14)26-2)3-6-17-18-12-8-11(19(21)22)4-5-16(12)27-17/h3-9H,1-2H3/b6-3+. The van der Waals surface area contributed by atoms with Gasteiger partial charge in [0.2, 0.25) is 0 Å². The summed E-state index contributed by atoms with van der Waals surface area (Å²) in [6, 6.07) is 7.22. The first-order valence-corrected chi connectivity index (χ1v) is 8.38. The van der Waals surface area contributed by atoms with Gasteiger partial charge in [0, 0.05) is 12.1 Å². The highest BCUT2D eigenvalue weighted by Crippen LogP contribution is 2.35. The Bertz CT molecular complexity index is 1080. The van der Waals surface area contributed by atoms with Crippen LogP contribution in [0.25, 0.3) is 22.4 Å². The van der Waals surface area contributed by atoms with Crippen molar-refractivity contribution in [3.63, 3.8) is 0 Å². The van der Waals surface area contributed by atoms with Gasteiger partial charge in [0.25, 0.3) is 11.4 Å². The molecule has 9 nitrogen and oxygen atoms in total. The Balaban J connectivity index is 2.01. The SMILES string of the molecule is COc1cc(/C=C/c2nc3cc([N+](=O)[O-])ccc3s2)c([N+](=O)[O-])cc1OC. The molecule has 0 fully saturated rings. The molecule has 3 rings (SSSR count). The van der Waals surface area contributed by atoms with Crippen LogP contribution in [0.3, 0.4) is 0 Å². The Kier molecular flexibility index (Phi) is 4.99. The second kappa shape index (κ2) is 7.38. The highest BCUT2D eigenvalue weighted by Gasteiger charge is 2.18. The van der Waals surface area contributed by atoms with Crippen molar-refractivity contribution in [3.8, 4) is 11.5 Å². The minimum atomic E-state index is -0.511. The molecular weight excluding hydrogens is 374 g/mol. The molecule has 0 atom stereocenters. The smallest absolute Gasteiger partial charge is 0.280 e. The average molecular weight is 387 g/mol. The van der Waals surface area contributed by atoms with Gasteiger partial charge in [0.1, 0.15) is 5.01 Å². The third-order valence-corrected chi connectivity index (χ3v) is 4.74. The van der Waals surface area contributed by atoms with E-state index in [2.05, 4.69) is 4.98 Å². The number of aromatic nitrogens is 1. The number of methoxy groups -OCH3 is 2. The van der Waals surface area contributed by atoms with Crippen molar-refractivity contribution in [1.82, 2.24) is 4.98 Å². The lowest BCUT2D eigenvalue weighted by Crippen LogP contribution is -1.96.